The van der Waals surface area contributed by atoms with Gasteiger partial charge in [-0.25, -0.2) is 0 Å². The van der Waals surface area contributed by atoms with Crippen LogP contribution in [0.2, 0.25) is 0 Å². The average Bonchev–Trinajstić information content (AvgIpc) is 3.27. The van der Waals surface area contributed by atoms with Crippen molar-refractivity contribution in [3.8, 4) is 0 Å². The third-order valence-corrected chi connectivity index (χ3v) is 24.2. The molecule has 0 N–H and O–H groups in total. The van der Waals surface area contributed by atoms with Crippen molar-refractivity contribution >= 4 is 76.7 Å². The van der Waals surface area contributed by atoms with Gasteiger partial charge in [0, 0.05) is 0 Å². The number of hydrogen-bond acceptors (Lipinski definition) is 0. The van der Waals surface area contributed by atoms with Crippen LogP contribution in [0.25, 0.3) is 0 Å². The van der Waals surface area contributed by atoms with Crippen LogP contribution in [0.4, 0.5) is 0 Å². The van der Waals surface area contributed by atoms with Gasteiger partial charge in [0.25, 0.3) is 0 Å². The summed E-state index contributed by atoms with van der Waals surface area (Å²) in [7, 11) is -1.67. The molecule has 0 spiro atoms. The Kier molecular flexibility index (Phi) is 15.9. The largest absolute Gasteiger partial charge is 0.0746 e. The Bertz CT molecular complexity index is 1850. The van der Waals surface area contributed by atoms with Crippen molar-refractivity contribution in [2.24, 2.45) is 0 Å². The Labute approximate surface area is 336 Å². The van der Waals surface area contributed by atoms with Crippen LogP contribution in [-0.2, 0) is 0 Å². The molecule has 55 heavy (non-hydrogen) atoms. The van der Waals surface area contributed by atoms with E-state index in [0.29, 0.717) is 0 Å². The van der Waals surface area contributed by atoms with Crippen molar-refractivity contribution in [1.29, 1.82) is 0 Å². The van der Waals surface area contributed by atoms with Crippen molar-refractivity contribution in [3.05, 3.63) is 212 Å². The third kappa shape index (κ3) is 11.9. The SMILES string of the molecule is c1ccc(P(CCP(CCP(c2ccccc2)c2ccccc2)c2ccccc2)CCP(CCP(c2ccccc2)c2ccccc2)c2ccccc2)cc1. The fourth-order valence-corrected chi connectivity index (χ4v) is 22.3. The van der Waals surface area contributed by atoms with Gasteiger partial charge in [-0.15, -0.1) is 0 Å². The van der Waals surface area contributed by atoms with E-state index < -0.39 is 15.8 Å². The molecule has 0 bridgehead atoms. The quantitative estimate of drug-likeness (QED) is 0.0714. The number of hydrogen-bond donors (Lipinski definition) is 0. The van der Waals surface area contributed by atoms with E-state index in [-0.39, 0.29) is 23.8 Å². The fraction of sp³-hybridized carbons (Fsp3) is 0.160. The highest BCUT2D eigenvalue weighted by Crippen LogP contribution is 2.48. The van der Waals surface area contributed by atoms with Crippen molar-refractivity contribution in [2.75, 3.05) is 49.3 Å². The highest BCUT2D eigenvalue weighted by Gasteiger charge is 2.23. The van der Waals surface area contributed by atoms with Gasteiger partial charge in [0.05, 0.1) is 0 Å². The van der Waals surface area contributed by atoms with Crippen molar-refractivity contribution in [3.63, 3.8) is 0 Å². The first-order valence-corrected chi connectivity index (χ1v) is 27.7. The van der Waals surface area contributed by atoms with Crippen LogP contribution in [0.5, 0.6) is 0 Å². The predicted molar refractivity (Wildman–Crippen MR) is 256 cm³/mol. The van der Waals surface area contributed by atoms with Crippen LogP contribution >= 0.6 is 39.6 Å². The first-order chi connectivity index (χ1) is 27.3. The second-order valence-electron chi connectivity index (χ2n) is 13.6. The van der Waals surface area contributed by atoms with Crippen LogP contribution in [0.3, 0.4) is 0 Å². The average molecular weight is 807 g/mol. The molecule has 7 aromatic carbocycles. The highest BCUT2D eigenvalue weighted by molar-refractivity contribution is 7.76. The number of rotatable bonds is 19. The van der Waals surface area contributed by atoms with Gasteiger partial charge in [-0.2, -0.15) is 0 Å². The zero-order chi connectivity index (χ0) is 37.3. The highest BCUT2D eigenvalue weighted by atomic mass is 31.1. The lowest BCUT2D eigenvalue weighted by Gasteiger charge is -2.28. The normalized spacial score (nSPS) is 13.1. The summed E-state index contributed by atoms with van der Waals surface area (Å²) < 4.78 is 0. The van der Waals surface area contributed by atoms with Gasteiger partial charge in [-0.3, -0.25) is 0 Å². The Balaban J connectivity index is 1.10. The van der Waals surface area contributed by atoms with Crippen molar-refractivity contribution in [1.82, 2.24) is 0 Å². The lowest BCUT2D eigenvalue weighted by molar-refractivity contribution is 1.38. The van der Waals surface area contributed by atoms with Crippen molar-refractivity contribution < 1.29 is 0 Å². The Morgan fingerprint density at radius 2 is 0.345 bits per heavy atom. The van der Waals surface area contributed by atoms with E-state index in [1.807, 2.05) is 0 Å². The molecular formula is C50H51P5. The summed E-state index contributed by atoms with van der Waals surface area (Å²) in [5.41, 5.74) is 0. The zero-order valence-corrected chi connectivity index (χ0v) is 36.1. The Morgan fingerprint density at radius 3 is 0.545 bits per heavy atom. The minimum atomic E-state index is -0.403. The zero-order valence-electron chi connectivity index (χ0n) is 31.6. The van der Waals surface area contributed by atoms with Gasteiger partial charge in [-0.1, -0.05) is 236 Å². The summed E-state index contributed by atoms with van der Waals surface area (Å²) in [5.74, 6) is 0. The molecule has 0 saturated heterocycles. The van der Waals surface area contributed by atoms with Crippen LogP contribution in [0.1, 0.15) is 0 Å². The predicted octanol–water partition coefficient (Wildman–Crippen LogP) is 10.7. The molecule has 2 unspecified atom stereocenters. The molecule has 5 heteroatoms. The van der Waals surface area contributed by atoms with Crippen LogP contribution in [0, 0.1) is 0 Å². The van der Waals surface area contributed by atoms with Crippen LogP contribution in [-0.4, -0.2) is 49.3 Å². The molecule has 276 valence electrons. The lowest BCUT2D eigenvalue weighted by Crippen LogP contribution is -2.19. The molecule has 2 atom stereocenters. The summed E-state index contributed by atoms with van der Waals surface area (Å²) in [6.07, 6.45) is 10.2. The van der Waals surface area contributed by atoms with E-state index in [2.05, 4.69) is 212 Å². The molecule has 0 aliphatic carbocycles. The van der Waals surface area contributed by atoms with Gasteiger partial charge in [0.2, 0.25) is 0 Å². The molecule has 0 amide bonds. The maximum Gasteiger partial charge on any atom is -0.0195 e. The molecule has 7 rings (SSSR count). The minimum Gasteiger partial charge on any atom is -0.0746 e. The van der Waals surface area contributed by atoms with E-state index in [0.717, 1.165) is 0 Å². The molecule has 0 nitrogen and oxygen atoms in total. The molecule has 7 aromatic rings. The summed E-state index contributed by atoms with van der Waals surface area (Å²) in [4.78, 5) is 0. The van der Waals surface area contributed by atoms with Gasteiger partial charge < -0.3 is 0 Å². The molecule has 0 heterocycles. The molecule has 0 saturated carbocycles. The Morgan fingerprint density at radius 1 is 0.182 bits per heavy atom. The molecule has 0 radical (unpaired) electrons. The maximum absolute atomic E-state index is 2.43. The second kappa shape index (κ2) is 21.8. The minimum absolute atomic E-state index is 0.286. The van der Waals surface area contributed by atoms with Crippen LogP contribution in [0.15, 0.2) is 212 Å². The monoisotopic (exact) mass is 806 g/mol. The standard InChI is InChI=1S/C50H51P5/c1-8-22-44(23-9-1)51(36-38-52(45-24-10-2-11-25-45)40-42-54(47-28-14-4-15-29-47)48-30-16-5-17-31-48)37-39-53(46-26-12-3-13-27-46)41-43-55(49-32-18-6-19-33-49)50-34-20-7-21-35-50/h1-35H,36-43H2. The van der Waals surface area contributed by atoms with E-state index >= 15 is 0 Å². The summed E-state index contributed by atoms with van der Waals surface area (Å²) in [6.45, 7) is 0. The first kappa shape index (κ1) is 39.9. The van der Waals surface area contributed by atoms with E-state index in [4.69, 9.17) is 0 Å². The third-order valence-electron chi connectivity index (χ3n) is 10.1. The van der Waals surface area contributed by atoms with E-state index in [1.54, 1.807) is 15.9 Å². The second-order valence-corrected chi connectivity index (χ2v) is 25.8. The summed E-state index contributed by atoms with van der Waals surface area (Å²) in [5, 5.41) is 10.7. The Hall–Kier alpha value is -3.31. The number of benzene rings is 7. The smallest absolute Gasteiger partial charge is 0.0195 e. The van der Waals surface area contributed by atoms with Gasteiger partial charge >= 0.3 is 0 Å². The van der Waals surface area contributed by atoms with Crippen LogP contribution < -0.4 is 37.1 Å². The molecule has 0 aliphatic rings. The lowest BCUT2D eigenvalue weighted by atomic mass is 10.4. The molecule has 0 aromatic heterocycles. The summed E-state index contributed by atoms with van der Waals surface area (Å²) in [6, 6.07) is 79.8. The summed E-state index contributed by atoms with van der Waals surface area (Å²) >= 11 is 0. The molecular weight excluding hydrogens is 755 g/mol. The molecule has 0 fully saturated rings. The maximum atomic E-state index is 2.43. The van der Waals surface area contributed by atoms with Gasteiger partial charge in [0.1, 0.15) is 0 Å². The van der Waals surface area contributed by atoms with E-state index in [9.17, 15) is 0 Å². The van der Waals surface area contributed by atoms with Gasteiger partial charge in [0.15, 0.2) is 0 Å². The topological polar surface area (TPSA) is 0 Å². The fourth-order valence-electron chi connectivity index (χ4n) is 7.20. The van der Waals surface area contributed by atoms with E-state index in [1.165, 1.54) is 70.5 Å². The van der Waals surface area contributed by atoms with Gasteiger partial charge in [-0.05, 0) is 102 Å². The first-order valence-electron chi connectivity index (χ1n) is 19.5. The van der Waals surface area contributed by atoms with Crippen molar-refractivity contribution in [2.45, 2.75) is 0 Å². The molecule has 0 aliphatic heterocycles.